The average Bonchev–Trinajstić information content (AvgIpc) is 2.09. The lowest BCUT2D eigenvalue weighted by Crippen LogP contribution is -2.73. The molecule has 0 aliphatic carbocycles. The van der Waals surface area contributed by atoms with E-state index in [1.165, 1.54) is 6.07 Å². The number of phenols is 1. The van der Waals surface area contributed by atoms with Crippen molar-refractivity contribution < 1.29 is 15.0 Å². The maximum atomic E-state index is 10.9. The summed E-state index contributed by atoms with van der Waals surface area (Å²) in [5.41, 5.74) is 0.295. The van der Waals surface area contributed by atoms with Crippen LogP contribution in [0.15, 0.2) is 29.5 Å². The highest BCUT2D eigenvalue weighted by molar-refractivity contribution is 5.83. The molecule has 1 aromatic rings. The molecule has 1 rings (SSSR count). The molecule has 6 nitrogen and oxygen atoms in total. The lowest BCUT2D eigenvalue weighted by Gasteiger charge is -1.98. The molecule has 13 heavy (non-hydrogen) atoms. The van der Waals surface area contributed by atoms with Crippen LogP contribution >= 0.6 is 0 Å². The minimum atomic E-state index is -0.607. The van der Waals surface area contributed by atoms with Gasteiger partial charge in [-0.25, -0.2) is 16.0 Å². The van der Waals surface area contributed by atoms with E-state index in [0.29, 0.717) is 5.69 Å². The molecule has 0 saturated heterocycles. The fraction of sp³-hybridized carbons (Fsp3) is 0. The van der Waals surface area contributed by atoms with Crippen molar-refractivity contribution in [1.82, 2.24) is 0 Å². The quantitative estimate of drug-likeness (QED) is 0.200. The molecule has 0 saturated carbocycles. The molecule has 0 spiro atoms. The van der Waals surface area contributed by atoms with Gasteiger partial charge in [0.25, 0.3) is 0 Å². The van der Waals surface area contributed by atoms with E-state index in [2.05, 4.69) is 10.5 Å². The van der Waals surface area contributed by atoms with Gasteiger partial charge in [-0.3, -0.25) is 0 Å². The van der Waals surface area contributed by atoms with Gasteiger partial charge in [0, 0.05) is 5.22 Å². The smallest absolute Gasteiger partial charge is 0.457 e. The Balaban J connectivity index is 2.74. The van der Waals surface area contributed by atoms with Crippen molar-refractivity contribution in [3.8, 4) is 5.75 Å². The summed E-state index contributed by atoms with van der Waals surface area (Å²) >= 11 is 0. The minimum absolute atomic E-state index is 0.0188. The van der Waals surface area contributed by atoms with Crippen LogP contribution in [0, 0.1) is 0 Å². The maximum absolute atomic E-state index is 10.9. The van der Waals surface area contributed by atoms with Crippen molar-refractivity contribution in [2.45, 2.75) is 0 Å². The molecule has 6 heteroatoms. The van der Waals surface area contributed by atoms with Gasteiger partial charge in [0.15, 0.2) is 5.75 Å². The van der Waals surface area contributed by atoms with Gasteiger partial charge in [0.2, 0.25) is 0 Å². The molecule has 1 aromatic carbocycles. The summed E-state index contributed by atoms with van der Waals surface area (Å²) in [6, 6.07) is 5.71. The van der Waals surface area contributed by atoms with Crippen molar-refractivity contribution >= 4 is 11.7 Å². The van der Waals surface area contributed by atoms with Crippen molar-refractivity contribution in [3.05, 3.63) is 24.3 Å². The van der Waals surface area contributed by atoms with Gasteiger partial charge in [-0.1, -0.05) is 12.1 Å². The Hall–Kier alpha value is -2.11. The first-order valence-electron chi connectivity index (χ1n) is 3.49. The van der Waals surface area contributed by atoms with Gasteiger partial charge >= 0.3 is 6.03 Å². The number of nitrogens with two attached hydrogens (primary N) is 1. The van der Waals surface area contributed by atoms with E-state index < -0.39 is 6.03 Å². The maximum Gasteiger partial charge on any atom is 0.457 e. The van der Waals surface area contributed by atoms with Crippen molar-refractivity contribution in [1.29, 1.82) is 0 Å². The van der Waals surface area contributed by atoms with E-state index in [1.807, 2.05) is 5.11 Å². The molecule has 0 unspecified atom stereocenters. The zero-order valence-electron chi connectivity index (χ0n) is 6.69. The monoisotopic (exact) mass is 181 g/mol. The molecule has 0 fully saturated rings. The molecule has 2 amide bonds. The Labute approximate surface area is 74.1 Å². The van der Waals surface area contributed by atoms with Crippen LogP contribution in [-0.2, 0) is 0 Å². The van der Waals surface area contributed by atoms with Gasteiger partial charge in [-0.2, -0.15) is 0 Å². The van der Waals surface area contributed by atoms with Crippen LogP contribution in [0.5, 0.6) is 5.75 Å². The number of carbonyl (C=O) groups excluding carboxylic acids is 1. The van der Waals surface area contributed by atoms with Gasteiger partial charge in [0.1, 0.15) is 5.69 Å². The van der Waals surface area contributed by atoms with Crippen LogP contribution in [0.2, 0.25) is 0 Å². The van der Waals surface area contributed by atoms with Crippen LogP contribution in [0.3, 0.4) is 0 Å². The van der Waals surface area contributed by atoms with E-state index in [1.54, 1.807) is 18.2 Å². The van der Waals surface area contributed by atoms with Crippen LogP contribution in [0.1, 0.15) is 0 Å². The summed E-state index contributed by atoms with van der Waals surface area (Å²) in [6.07, 6.45) is 0. The second-order valence-electron chi connectivity index (χ2n) is 2.21. The molecular formula is C7H9N4O2+. The van der Waals surface area contributed by atoms with Crippen molar-refractivity contribution in [2.24, 2.45) is 11.1 Å². The molecule has 5 N–H and O–H groups in total. The highest BCUT2D eigenvalue weighted by atomic mass is 16.3. The molecular weight excluding hydrogens is 172 g/mol. The Kier molecular flexibility index (Phi) is 2.80. The minimum Gasteiger partial charge on any atom is -0.504 e. The van der Waals surface area contributed by atoms with Gasteiger partial charge in [0.05, 0.1) is 0 Å². The number of hydrogen-bond donors (Lipinski definition) is 4. The predicted octanol–water partition coefficient (Wildman–Crippen LogP) is -0.669. The zero-order valence-corrected chi connectivity index (χ0v) is 6.69. The number of amides is 2. The number of urea groups is 1. The molecule has 0 bridgehead atoms. The Bertz CT molecular complexity index is 337. The SMILES string of the molecule is NN=[NH+]C(=O)Nc1ccccc1O. The number of nitrogens with zero attached hydrogens (tertiary/aromatic N) is 1. The number of benzene rings is 1. The lowest BCUT2D eigenvalue weighted by atomic mass is 10.3. The third kappa shape index (κ3) is 2.44. The first kappa shape index (κ1) is 8.98. The number of aromatic hydroxyl groups is 1. The number of phenolic OH excluding ortho intramolecular Hbond substituents is 1. The summed E-state index contributed by atoms with van der Waals surface area (Å²) < 4.78 is 0. The van der Waals surface area contributed by atoms with Gasteiger partial charge < -0.3 is 5.11 Å². The number of carbonyl (C=O) groups is 1. The fourth-order valence-electron chi connectivity index (χ4n) is 0.788. The summed E-state index contributed by atoms with van der Waals surface area (Å²) in [6.45, 7) is 0. The summed E-state index contributed by atoms with van der Waals surface area (Å²) in [4.78, 5) is 10.9. The molecule has 0 atom stereocenters. The third-order valence-corrected chi connectivity index (χ3v) is 1.32. The van der Waals surface area contributed by atoms with Crippen LogP contribution in [0.4, 0.5) is 10.5 Å². The topological polar surface area (TPSA) is 102 Å². The van der Waals surface area contributed by atoms with Crippen molar-refractivity contribution in [2.75, 3.05) is 5.32 Å². The second kappa shape index (κ2) is 4.05. The first-order valence-corrected chi connectivity index (χ1v) is 3.49. The van der Waals surface area contributed by atoms with Crippen LogP contribution in [0.25, 0.3) is 0 Å². The largest absolute Gasteiger partial charge is 0.504 e. The fourth-order valence-corrected chi connectivity index (χ4v) is 0.788. The normalized spacial score (nSPS) is 10.2. The summed E-state index contributed by atoms with van der Waals surface area (Å²) in [5.74, 6) is 4.69. The van der Waals surface area contributed by atoms with E-state index in [9.17, 15) is 9.90 Å². The Morgan fingerprint density at radius 3 is 2.85 bits per heavy atom. The van der Waals surface area contributed by atoms with Crippen LogP contribution in [-0.4, -0.2) is 11.1 Å². The third-order valence-electron chi connectivity index (χ3n) is 1.32. The van der Waals surface area contributed by atoms with Crippen LogP contribution < -0.4 is 16.3 Å². The number of hydrogen-bond acceptors (Lipinski definition) is 3. The van der Waals surface area contributed by atoms with E-state index >= 15 is 0 Å². The highest BCUT2D eigenvalue weighted by Crippen LogP contribution is 2.20. The van der Waals surface area contributed by atoms with Gasteiger partial charge in [-0.05, 0) is 12.1 Å². The van der Waals surface area contributed by atoms with E-state index in [-0.39, 0.29) is 5.75 Å². The van der Waals surface area contributed by atoms with E-state index in [4.69, 9.17) is 5.84 Å². The lowest BCUT2D eigenvalue weighted by molar-refractivity contribution is -0.423. The Morgan fingerprint density at radius 1 is 1.54 bits per heavy atom. The summed E-state index contributed by atoms with van der Waals surface area (Å²) in [7, 11) is 0. The zero-order chi connectivity index (χ0) is 9.68. The molecule has 68 valence electrons. The highest BCUT2D eigenvalue weighted by Gasteiger charge is 2.07. The van der Waals surface area contributed by atoms with E-state index in [0.717, 1.165) is 0 Å². The molecule has 0 radical (unpaired) electrons. The molecule has 0 heterocycles. The first-order chi connectivity index (χ1) is 6.24. The predicted molar refractivity (Wildman–Crippen MR) is 44.7 cm³/mol. The summed E-state index contributed by atoms with van der Waals surface area (Å²) in [5, 5.41) is 16.4. The van der Waals surface area contributed by atoms with Crippen molar-refractivity contribution in [3.63, 3.8) is 0 Å². The number of rotatable bonds is 1. The number of para-hydroxylation sites is 2. The molecule has 0 aliphatic heterocycles. The number of nitrogens with one attached hydrogen (secondary N) is 2. The standard InChI is InChI=1S/C7H8N4O2/c8-11-10-7(13)9-5-3-1-2-4-6(5)12/h1-4,12H,(H3,8,9,10,13)/p+1. The molecule has 0 aromatic heterocycles. The molecule has 0 aliphatic rings. The second-order valence-corrected chi connectivity index (χ2v) is 2.21. The Morgan fingerprint density at radius 2 is 2.23 bits per heavy atom. The van der Waals surface area contributed by atoms with Gasteiger partial charge in [-0.15, -0.1) is 5.11 Å². The average molecular weight is 181 g/mol. The number of anilines is 1.